The van der Waals surface area contributed by atoms with Crippen molar-refractivity contribution in [2.75, 3.05) is 26.7 Å². The van der Waals surface area contributed by atoms with Crippen LogP contribution in [0, 0.1) is 0 Å². The molecule has 0 aliphatic carbocycles. The zero-order valence-electron chi connectivity index (χ0n) is 19.4. The number of benzene rings is 3. The highest BCUT2D eigenvalue weighted by Crippen LogP contribution is 2.32. The van der Waals surface area contributed by atoms with E-state index in [0.717, 1.165) is 49.8 Å². The maximum absolute atomic E-state index is 13.5. The maximum atomic E-state index is 13.5. The first-order chi connectivity index (χ1) is 16.0. The van der Waals surface area contributed by atoms with E-state index in [4.69, 9.17) is 4.74 Å². The second kappa shape index (κ2) is 10.3. The van der Waals surface area contributed by atoms with E-state index in [1.54, 1.807) is 24.3 Å². The van der Waals surface area contributed by atoms with Gasteiger partial charge in [0.15, 0.2) is 6.10 Å². The number of rotatable bonds is 8. The number of piperidine rings is 1. The minimum Gasteiger partial charge on any atom is -0.454 e. The number of hydrogen-bond donors (Lipinski definition) is 1. The lowest BCUT2D eigenvalue weighted by Gasteiger charge is -2.41. The molecule has 0 spiro atoms. The van der Waals surface area contributed by atoms with Gasteiger partial charge in [0, 0.05) is 12.8 Å². The van der Waals surface area contributed by atoms with Crippen molar-refractivity contribution in [3.63, 3.8) is 0 Å². The summed E-state index contributed by atoms with van der Waals surface area (Å²) in [6.45, 7) is 2.91. The number of esters is 1. The molecule has 4 nitrogen and oxygen atoms in total. The first-order valence-electron chi connectivity index (χ1n) is 11.9. The van der Waals surface area contributed by atoms with Crippen LogP contribution in [0.25, 0.3) is 0 Å². The Hall–Kier alpha value is -2.95. The molecule has 1 saturated heterocycles. The van der Waals surface area contributed by atoms with E-state index in [2.05, 4.69) is 31.3 Å². The van der Waals surface area contributed by atoms with E-state index in [0.29, 0.717) is 11.1 Å². The Balaban J connectivity index is 1.44. The molecular formula is C29H34NO3+. The number of nitrogens with zero attached hydrogens (tertiary/aromatic N) is 1. The number of hydrogen-bond acceptors (Lipinski definition) is 3. The molecule has 2 atom stereocenters. The molecule has 1 fully saturated rings. The van der Waals surface area contributed by atoms with Crippen molar-refractivity contribution >= 4 is 5.97 Å². The average molecular weight is 445 g/mol. The molecule has 0 radical (unpaired) electrons. The van der Waals surface area contributed by atoms with Crippen molar-refractivity contribution in [2.45, 2.75) is 37.4 Å². The Morgan fingerprint density at radius 2 is 1.48 bits per heavy atom. The fourth-order valence-electron chi connectivity index (χ4n) is 4.98. The summed E-state index contributed by atoms with van der Waals surface area (Å²) < 4.78 is 6.91. The number of carbonyl (C=O) groups is 1. The van der Waals surface area contributed by atoms with Crippen LogP contribution in [0.2, 0.25) is 0 Å². The Morgan fingerprint density at radius 1 is 0.939 bits per heavy atom. The van der Waals surface area contributed by atoms with Gasteiger partial charge in [0.25, 0.3) is 0 Å². The van der Waals surface area contributed by atoms with Crippen LogP contribution in [0.5, 0.6) is 0 Å². The third-order valence-corrected chi connectivity index (χ3v) is 6.83. The van der Waals surface area contributed by atoms with Crippen molar-refractivity contribution in [1.29, 1.82) is 0 Å². The van der Waals surface area contributed by atoms with Crippen LogP contribution in [-0.2, 0) is 21.6 Å². The molecule has 4 rings (SSSR count). The third-order valence-electron chi connectivity index (χ3n) is 6.83. The van der Waals surface area contributed by atoms with Crippen molar-refractivity contribution in [1.82, 2.24) is 0 Å². The summed E-state index contributed by atoms with van der Waals surface area (Å²) in [4.78, 5) is 13.5. The highest BCUT2D eigenvalue weighted by Gasteiger charge is 2.44. The second-order valence-corrected chi connectivity index (χ2v) is 9.45. The number of ether oxygens (including phenoxy) is 1. The minimum atomic E-state index is -1.82. The van der Waals surface area contributed by atoms with Gasteiger partial charge in [-0.3, -0.25) is 0 Å². The molecule has 1 aliphatic rings. The van der Waals surface area contributed by atoms with E-state index in [1.165, 1.54) is 5.56 Å². The van der Waals surface area contributed by atoms with Crippen molar-refractivity contribution < 1.29 is 19.1 Å². The summed E-state index contributed by atoms with van der Waals surface area (Å²) in [6.07, 6.45) is 3.79. The lowest BCUT2D eigenvalue weighted by Crippen LogP contribution is -2.55. The van der Waals surface area contributed by atoms with Gasteiger partial charge in [-0.25, -0.2) is 4.79 Å². The Labute approximate surface area is 197 Å². The SMILES string of the molecule is C[N+]1(CCCc2ccccc2)CCC[C@@H](OC(=O)C(O)(c2ccccc2)c2ccccc2)C1. The lowest BCUT2D eigenvalue weighted by molar-refractivity contribution is -0.917. The van der Waals surface area contributed by atoms with Crippen LogP contribution in [0.15, 0.2) is 91.0 Å². The molecule has 3 aromatic carbocycles. The summed E-state index contributed by atoms with van der Waals surface area (Å²) in [5, 5.41) is 11.7. The van der Waals surface area contributed by atoms with Crippen LogP contribution in [-0.4, -0.2) is 48.3 Å². The van der Waals surface area contributed by atoms with Crippen LogP contribution in [0.4, 0.5) is 0 Å². The van der Waals surface area contributed by atoms with Crippen molar-refractivity contribution in [2.24, 2.45) is 0 Å². The predicted molar refractivity (Wildman–Crippen MR) is 131 cm³/mol. The predicted octanol–water partition coefficient (Wildman–Crippen LogP) is 4.71. The van der Waals surface area contributed by atoms with Gasteiger partial charge in [0.1, 0.15) is 6.54 Å². The summed E-state index contributed by atoms with van der Waals surface area (Å²) in [5.41, 5.74) is 0.588. The average Bonchev–Trinajstić information content (AvgIpc) is 2.85. The van der Waals surface area contributed by atoms with Gasteiger partial charge in [-0.2, -0.15) is 0 Å². The zero-order valence-corrected chi connectivity index (χ0v) is 19.4. The molecule has 3 aromatic rings. The number of quaternary nitrogens is 1. The fraction of sp³-hybridized carbons (Fsp3) is 0.345. The molecule has 0 aromatic heterocycles. The van der Waals surface area contributed by atoms with Gasteiger partial charge in [-0.15, -0.1) is 0 Å². The van der Waals surface area contributed by atoms with Gasteiger partial charge in [-0.05, 0) is 29.5 Å². The van der Waals surface area contributed by atoms with E-state index in [-0.39, 0.29) is 6.10 Å². The quantitative estimate of drug-likeness (QED) is 0.404. The van der Waals surface area contributed by atoms with Crippen LogP contribution < -0.4 is 0 Å². The number of carbonyl (C=O) groups excluding carboxylic acids is 1. The monoisotopic (exact) mass is 444 g/mol. The first-order valence-corrected chi connectivity index (χ1v) is 11.9. The van der Waals surface area contributed by atoms with Gasteiger partial charge >= 0.3 is 5.97 Å². The normalized spacial score (nSPS) is 20.8. The Morgan fingerprint density at radius 3 is 2.06 bits per heavy atom. The van der Waals surface area contributed by atoms with E-state index < -0.39 is 11.6 Å². The molecule has 1 aliphatic heterocycles. The summed E-state index contributed by atoms with van der Waals surface area (Å²) in [5.74, 6) is -0.595. The molecule has 33 heavy (non-hydrogen) atoms. The van der Waals surface area contributed by atoms with Crippen molar-refractivity contribution in [3.05, 3.63) is 108 Å². The van der Waals surface area contributed by atoms with E-state index in [1.807, 2.05) is 42.5 Å². The van der Waals surface area contributed by atoms with E-state index in [9.17, 15) is 9.90 Å². The molecule has 1 N–H and O–H groups in total. The highest BCUT2D eigenvalue weighted by atomic mass is 16.6. The lowest BCUT2D eigenvalue weighted by atomic mass is 9.86. The Bertz CT molecular complexity index is 983. The molecule has 0 bridgehead atoms. The summed E-state index contributed by atoms with van der Waals surface area (Å²) in [7, 11) is 2.26. The Kier molecular flexibility index (Phi) is 7.26. The smallest absolute Gasteiger partial charge is 0.348 e. The topological polar surface area (TPSA) is 46.5 Å². The number of likely N-dealkylation sites (tertiary alicyclic amines) is 1. The number of likely N-dealkylation sites (N-methyl/N-ethyl adjacent to an activating group) is 1. The molecule has 4 heteroatoms. The molecule has 0 amide bonds. The minimum absolute atomic E-state index is 0.202. The summed E-state index contributed by atoms with van der Waals surface area (Å²) in [6, 6.07) is 28.8. The molecule has 172 valence electrons. The van der Waals surface area contributed by atoms with Crippen LogP contribution in [0.3, 0.4) is 0 Å². The van der Waals surface area contributed by atoms with Gasteiger partial charge in [0.2, 0.25) is 5.60 Å². The molecule has 1 unspecified atom stereocenters. The highest BCUT2D eigenvalue weighted by molar-refractivity contribution is 5.85. The maximum Gasteiger partial charge on any atom is 0.348 e. The van der Waals surface area contributed by atoms with Gasteiger partial charge in [-0.1, -0.05) is 91.0 Å². The van der Waals surface area contributed by atoms with Crippen molar-refractivity contribution in [3.8, 4) is 0 Å². The molecule has 1 heterocycles. The fourth-order valence-corrected chi connectivity index (χ4v) is 4.98. The largest absolute Gasteiger partial charge is 0.454 e. The van der Waals surface area contributed by atoms with Crippen LogP contribution in [0.1, 0.15) is 36.0 Å². The van der Waals surface area contributed by atoms with Crippen LogP contribution >= 0.6 is 0 Å². The van der Waals surface area contributed by atoms with Gasteiger partial charge in [0.05, 0.1) is 20.1 Å². The molecular weight excluding hydrogens is 410 g/mol. The second-order valence-electron chi connectivity index (χ2n) is 9.45. The number of aryl methyl sites for hydroxylation is 1. The van der Waals surface area contributed by atoms with Gasteiger partial charge < -0.3 is 14.3 Å². The molecule has 0 saturated carbocycles. The first kappa shape index (κ1) is 23.2. The van der Waals surface area contributed by atoms with E-state index >= 15 is 0 Å². The standard InChI is InChI=1S/C29H34NO3/c1-30(21-11-15-24-13-5-2-6-14-24)22-12-20-27(23-30)33-28(31)29(32,25-16-7-3-8-17-25)26-18-9-4-10-19-26/h2-10,13-14,16-19,27,32H,11-12,15,20-23H2,1H3/q+1/t27-,30?/m1/s1. The zero-order chi connectivity index (χ0) is 23.2. The summed E-state index contributed by atoms with van der Waals surface area (Å²) >= 11 is 0. The third kappa shape index (κ3) is 5.52. The number of aliphatic hydroxyl groups is 1.